The zero-order valence-electron chi connectivity index (χ0n) is 32.0. The van der Waals surface area contributed by atoms with Crippen LogP contribution in [0.4, 0.5) is 4.39 Å². The van der Waals surface area contributed by atoms with Crippen molar-refractivity contribution < 1.29 is 23.8 Å². The molecular weight excluding hydrogens is 627 g/mol. The summed E-state index contributed by atoms with van der Waals surface area (Å²) in [6.07, 6.45) is 16.6. The largest absolute Gasteiger partial charge is 0.481 e. The molecule has 5 fully saturated rings. The SMILES string of the molecule is C=C(C)[C@@H]1CC[C@]2(NCC(=O)N3CCOCC3)CC[C@]3(C)[C@H](CCC4[C@@]5(C)CC=C(C6=CC[C@](CF)(C(=O)O)CC6)C(C)(C)C5CC[C@]43C)C12. The number of fused-ring (bicyclic) bond motifs is 7. The highest BCUT2D eigenvalue weighted by Crippen LogP contribution is 2.76. The maximum atomic E-state index is 14.0. The van der Waals surface area contributed by atoms with E-state index in [0.29, 0.717) is 75.3 Å². The Morgan fingerprint density at radius 2 is 1.68 bits per heavy atom. The van der Waals surface area contributed by atoms with Crippen molar-refractivity contribution in [3.63, 3.8) is 0 Å². The first-order chi connectivity index (χ1) is 23.6. The minimum atomic E-state index is -1.26. The molecule has 2 N–H and O–H groups in total. The maximum absolute atomic E-state index is 14.0. The normalized spacial score (nSPS) is 45.3. The lowest BCUT2D eigenvalue weighted by molar-refractivity contribution is -0.221. The summed E-state index contributed by atoms with van der Waals surface area (Å²) in [5.74, 6) is 2.01. The number of rotatable bonds is 7. The molecule has 4 saturated carbocycles. The van der Waals surface area contributed by atoms with Crippen LogP contribution in [0.5, 0.6) is 0 Å². The molecule has 0 bridgehead atoms. The van der Waals surface area contributed by atoms with Crippen molar-refractivity contribution in [3.05, 3.63) is 35.5 Å². The molecule has 1 heterocycles. The second-order valence-electron chi connectivity index (χ2n) is 19.4. The van der Waals surface area contributed by atoms with Crippen molar-refractivity contribution in [2.45, 2.75) is 124 Å². The second kappa shape index (κ2) is 12.6. The molecule has 0 aromatic carbocycles. The molecule has 0 spiro atoms. The Hall–Kier alpha value is -1.99. The molecule has 6 aliphatic carbocycles. The van der Waals surface area contributed by atoms with Crippen LogP contribution >= 0.6 is 0 Å². The van der Waals surface area contributed by atoms with E-state index in [0.717, 1.165) is 19.3 Å². The van der Waals surface area contributed by atoms with Gasteiger partial charge in [0.2, 0.25) is 5.91 Å². The van der Waals surface area contributed by atoms with Gasteiger partial charge < -0.3 is 20.1 Å². The average Bonchev–Trinajstić information content (AvgIpc) is 3.48. The molecule has 1 saturated heterocycles. The number of allylic oxidation sites excluding steroid dienone is 5. The molecule has 10 atom stereocenters. The number of nitrogens with zero attached hydrogens (tertiary/aromatic N) is 1. The number of nitrogens with one attached hydrogen (secondary N) is 1. The Bertz CT molecular complexity index is 1460. The second-order valence-corrected chi connectivity index (χ2v) is 19.4. The number of halogens is 1. The van der Waals surface area contributed by atoms with E-state index in [9.17, 15) is 19.1 Å². The van der Waals surface area contributed by atoms with E-state index in [1.165, 1.54) is 55.2 Å². The fourth-order valence-corrected chi connectivity index (χ4v) is 14.3. The highest BCUT2D eigenvalue weighted by Gasteiger charge is 2.70. The van der Waals surface area contributed by atoms with Gasteiger partial charge in [-0.1, -0.05) is 58.9 Å². The molecule has 50 heavy (non-hydrogen) atoms. The Morgan fingerprint density at radius 1 is 0.940 bits per heavy atom. The molecule has 6 nitrogen and oxygen atoms in total. The van der Waals surface area contributed by atoms with Crippen LogP contribution in [0, 0.1) is 56.7 Å². The summed E-state index contributed by atoms with van der Waals surface area (Å²) in [4.78, 5) is 27.3. The van der Waals surface area contributed by atoms with Crippen LogP contribution in [0.25, 0.3) is 0 Å². The van der Waals surface area contributed by atoms with E-state index in [1.54, 1.807) is 0 Å². The fraction of sp³-hybridized carbons (Fsp3) is 0.814. The lowest BCUT2D eigenvalue weighted by atomic mass is 9.33. The van der Waals surface area contributed by atoms with Crippen LogP contribution < -0.4 is 5.32 Å². The number of carboxylic acids is 1. The van der Waals surface area contributed by atoms with Crippen molar-refractivity contribution in [1.29, 1.82) is 0 Å². The first-order valence-corrected chi connectivity index (χ1v) is 20.0. The summed E-state index contributed by atoms with van der Waals surface area (Å²) in [6, 6.07) is 0. The number of carbonyl (C=O) groups is 2. The van der Waals surface area contributed by atoms with Crippen molar-refractivity contribution >= 4 is 11.9 Å². The summed E-state index contributed by atoms with van der Waals surface area (Å²) >= 11 is 0. The first kappa shape index (κ1) is 36.4. The lowest BCUT2D eigenvalue weighted by Gasteiger charge is -2.72. The Balaban J connectivity index is 1.16. The fourth-order valence-electron chi connectivity index (χ4n) is 14.3. The van der Waals surface area contributed by atoms with E-state index < -0.39 is 18.1 Å². The number of carboxylic acid groups (broad SMARTS) is 1. The molecule has 0 aromatic rings. The monoisotopic (exact) mass is 692 g/mol. The summed E-state index contributed by atoms with van der Waals surface area (Å²) in [5, 5.41) is 13.8. The molecule has 7 rings (SSSR count). The summed E-state index contributed by atoms with van der Waals surface area (Å²) < 4.78 is 19.5. The highest BCUT2D eigenvalue weighted by molar-refractivity contribution is 5.78. The van der Waals surface area contributed by atoms with Crippen LogP contribution in [-0.4, -0.2) is 66.9 Å². The minimum absolute atomic E-state index is 0.00138. The minimum Gasteiger partial charge on any atom is -0.481 e. The van der Waals surface area contributed by atoms with Crippen molar-refractivity contribution in [1.82, 2.24) is 10.2 Å². The summed E-state index contributed by atoms with van der Waals surface area (Å²) in [6.45, 7) is 22.0. The van der Waals surface area contributed by atoms with Gasteiger partial charge in [-0.15, -0.1) is 0 Å². The standard InChI is InChI=1S/C43H65FN2O4/c1-28(2)30-12-19-43(45-26-35(47)46-22-24-50-25-23-46)21-20-40(6)32(36(30)43)8-9-34-39(5)15-13-31(38(3,4)33(39)14-16-41(34,40)7)29-10-17-42(27-44,18-11-29)37(48)49/h10,13,30,32-34,36,45H,1,8-9,11-12,14-27H2,2-7H3,(H,48,49)/t30-,32+,33?,34?,36?,39-,40+,41+,42-,43-/m0/s1. The number of morpholine rings is 1. The number of hydrogen-bond acceptors (Lipinski definition) is 4. The Kier molecular flexibility index (Phi) is 9.14. The summed E-state index contributed by atoms with van der Waals surface area (Å²) in [5.41, 5.74) is 3.34. The smallest absolute Gasteiger partial charge is 0.312 e. The Morgan fingerprint density at radius 3 is 2.32 bits per heavy atom. The van der Waals surface area contributed by atoms with Gasteiger partial charge in [0.1, 0.15) is 6.67 Å². The Labute approximate surface area is 301 Å². The molecule has 278 valence electrons. The number of hydrogen-bond donors (Lipinski definition) is 2. The van der Waals surface area contributed by atoms with Crippen LogP contribution in [-0.2, 0) is 14.3 Å². The zero-order chi connectivity index (χ0) is 35.9. The topological polar surface area (TPSA) is 78.9 Å². The van der Waals surface area contributed by atoms with Gasteiger partial charge in [0.05, 0.1) is 25.2 Å². The highest BCUT2D eigenvalue weighted by atomic mass is 19.1. The molecule has 1 aliphatic heterocycles. The third-order valence-corrected chi connectivity index (χ3v) is 17.3. The number of carbonyl (C=O) groups excluding carboxylic acids is 1. The number of amides is 1. The zero-order valence-corrected chi connectivity index (χ0v) is 32.0. The summed E-state index contributed by atoms with van der Waals surface area (Å²) in [7, 11) is 0. The van der Waals surface area contributed by atoms with E-state index in [1.807, 2.05) is 4.90 Å². The van der Waals surface area contributed by atoms with Crippen LogP contribution in [0.3, 0.4) is 0 Å². The number of ether oxygens (including phenoxy) is 1. The van der Waals surface area contributed by atoms with E-state index in [4.69, 9.17) is 4.74 Å². The van der Waals surface area contributed by atoms with Crippen molar-refractivity contribution in [2.75, 3.05) is 39.5 Å². The third kappa shape index (κ3) is 5.19. The molecule has 7 heteroatoms. The molecule has 1 amide bonds. The van der Waals surface area contributed by atoms with Gasteiger partial charge in [0.25, 0.3) is 0 Å². The number of aliphatic carboxylic acids is 1. The third-order valence-electron chi connectivity index (χ3n) is 17.3. The van der Waals surface area contributed by atoms with Crippen LogP contribution in [0.2, 0.25) is 0 Å². The van der Waals surface area contributed by atoms with Crippen molar-refractivity contribution in [3.8, 4) is 0 Å². The van der Waals surface area contributed by atoms with Gasteiger partial charge in [-0.25, -0.2) is 4.39 Å². The lowest BCUT2D eigenvalue weighted by Crippen LogP contribution is -2.68. The van der Waals surface area contributed by atoms with Crippen LogP contribution in [0.1, 0.15) is 119 Å². The molecule has 0 aromatic heterocycles. The number of alkyl halides is 1. The molecule has 7 aliphatic rings. The predicted molar refractivity (Wildman–Crippen MR) is 196 cm³/mol. The van der Waals surface area contributed by atoms with Crippen LogP contribution in [0.15, 0.2) is 35.5 Å². The van der Waals surface area contributed by atoms with E-state index in [2.05, 4.69) is 65.6 Å². The van der Waals surface area contributed by atoms with Gasteiger partial charge in [-0.2, -0.15) is 0 Å². The van der Waals surface area contributed by atoms with Gasteiger partial charge in [0, 0.05) is 18.6 Å². The molecule has 3 unspecified atom stereocenters. The maximum Gasteiger partial charge on any atom is 0.312 e. The van der Waals surface area contributed by atoms with Gasteiger partial charge >= 0.3 is 5.97 Å². The van der Waals surface area contributed by atoms with E-state index >= 15 is 0 Å². The first-order valence-electron chi connectivity index (χ1n) is 20.0. The van der Waals surface area contributed by atoms with Crippen molar-refractivity contribution in [2.24, 2.45) is 56.7 Å². The molecule has 0 radical (unpaired) electrons. The van der Waals surface area contributed by atoms with Gasteiger partial charge in [-0.05, 0) is 146 Å². The van der Waals surface area contributed by atoms with E-state index in [-0.39, 0.29) is 39.5 Å². The quantitative estimate of drug-likeness (QED) is 0.262. The average molecular weight is 693 g/mol. The predicted octanol–water partition coefficient (Wildman–Crippen LogP) is 8.53. The molecular formula is C43H65FN2O4. The van der Waals surface area contributed by atoms with Gasteiger partial charge in [-0.3, -0.25) is 9.59 Å². The van der Waals surface area contributed by atoms with Gasteiger partial charge in [0.15, 0.2) is 0 Å².